The summed E-state index contributed by atoms with van der Waals surface area (Å²) in [6, 6.07) is 6.50. The zero-order valence-electron chi connectivity index (χ0n) is 16.4. The van der Waals surface area contributed by atoms with Crippen LogP contribution in [0.5, 0.6) is 5.88 Å². The highest BCUT2D eigenvalue weighted by Crippen LogP contribution is 2.25. The summed E-state index contributed by atoms with van der Waals surface area (Å²) in [6.07, 6.45) is 4.94. The number of benzene rings is 1. The van der Waals surface area contributed by atoms with Gasteiger partial charge in [0.15, 0.2) is 9.84 Å². The van der Waals surface area contributed by atoms with E-state index in [0.717, 1.165) is 30.8 Å². The summed E-state index contributed by atoms with van der Waals surface area (Å²) >= 11 is 0. The zero-order valence-corrected chi connectivity index (χ0v) is 17.2. The third kappa shape index (κ3) is 4.69. The number of nitrogens with zero attached hydrogens (tertiary/aromatic N) is 4. The van der Waals surface area contributed by atoms with E-state index in [1.54, 1.807) is 6.07 Å². The summed E-state index contributed by atoms with van der Waals surface area (Å²) in [5, 5.41) is 0. The average Bonchev–Trinajstić information content (AvgIpc) is 2.71. The van der Waals surface area contributed by atoms with Crippen LogP contribution in [0.1, 0.15) is 19.3 Å². The van der Waals surface area contributed by atoms with Crippen LogP contribution in [0.2, 0.25) is 0 Å². The molecule has 1 saturated carbocycles. The minimum absolute atomic E-state index is 0.186. The lowest BCUT2D eigenvalue weighted by atomic mass is 9.96. The van der Waals surface area contributed by atoms with E-state index in [1.807, 2.05) is 4.90 Å². The summed E-state index contributed by atoms with van der Waals surface area (Å²) in [7, 11) is -3.89. The molecule has 0 bridgehead atoms. The maximum Gasteiger partial charge on any atom is 0.238 e. The molecule has 1 aromatic heterocycles. The lowest BCUT2D eigenvalue weighted by Crippen LogP contribution is -2.50. The Hall–Kier alpha value is -2.75. The van der Waals surface area contributed by atoms with Crippen LogP contribution in [0.15, 0.2) is 41.6 Å². The van der Waals surface area contributed by atoms with Crippen LogP contribution < -0.4 is 9.64 Å². The van der Waals surface area contributed by atoms with Crippen molar-refractivity contribution in [3.8, 4) is 5.88 Å². The van der Waals surface area contributed by atoms with E-state index < -0.39 is 27.3 Å². The molecule has 4 rings (SSSR count). The monoisotopic (exact) mass is 434 g/mol. The normalized spacial score (nSPS) is 17.5. The number of sulfone groups is 1. The smallest absolute Gasteiger partial charge is 0.238 e. The van der Waals surface area contributed by atoms with Crippen molar-refractivity contribution in [3.63, 3.8) is 0 Å². The van der Waals surface area contributed by atoms with Crippen LogP contribution in [0.3, 0.4) is 0 Å². The molecule has 1 aromatic carbocycles. The van der Waals surface area contributed by atoms with Gasteiger partial charge < -0.3 is 14.5 Å². The topological polar surface area (TPSA) is 92.7 Å². The average molecular weight is 434 g/mol. The van der Waals surface area contributed by atoms with Crippen molar-refractivity contribution in [2.45, 2.75) is 30.3 Å². The maximum absolute atomic E-state index is 13.3. The molecule has 160 valence electrons. The Morgan fingerprint density at radius 3 is 2.57 bits per heavy atom. The first kappa shape index (κ1) is 20.5. The first-order chi connectivity index (χ1) is 14.4. The minimum atomic E-state index is -3.89. The third-order valence-corrected chi connectivity index (χ3v) is 6.99. The van der Waals surface area contributed by atoms with Gasteiger partial charge in [-0.2, -0.15) is 0 Å². The number of piperazine rings is 1. The van der Waals surface area contributed by atoms with Gasteiger partial charge in [0.2, 0.25) is 11.8 Å². The predicted molar refractivity (Wildman–Crippen MR) is 108 cm³/mol. The molecule has 0 atom stereocenters. The van der Waals surface area contributed by atoms with Crippen molar-refractivity contribution in [2.75, 3.05) is 36.8 Å². The van der Waals surface area contributed by atoms with Crippen LogP contribution in [0.4, 0.5) is 10.2 Å². The molecule has 1 saturated heterocycles. The fraction of sp³-hybridized carbons (Fsp3) is 0.450. The Kier molecular flexibility index (Phi) is 5.85. The number of amides is 1. The maximum atomic E-state index is 13.3. The number of rotatable bonds is 6. The van der Waals surface area contributed by atoms with E-state index in [1.165, 1.54) is 29.8 Å². The minimum Gasteiger partial charge on any atom is -0.474 e. The Labute approximate surface area is 174 Å². The molecule has 10 heteroatoms. The number of hydrogen-bond donors (Lipinski definition) is 0. The van der Waals surface area contributed by atoms with Crippen LogP contribution in [-0.2, 0) is 14.6 Å². The van der Waals surface area contributed by atoms with Crippen molar-refractivity contribution in [2.24, 2.45) is 0 Å². The van der Waals surface area contributed by atoms with Gasteiger partial charge in [-0.1, -0.05) is 6.07 Å². The summed E-state index contributed by atoms with van der Waals surface area (Å²) in [6.45, 7) is 1.79. The van der Waals surface area contributed by atoms with E-state index in [0.29, 0.717) is 32.1 Å². The molecule has 30 heavy (non-hydrogen) atoms. The second-order valence-corrected chi connectivity index (χ2v) is 9.46. The molecule has 0 spiro atoms. The van der Waals surface area contributed by atoms with Gasteiger partial charge in [-0.3, -0.25) is 4.79 Å². The molecule has 2 aliphatic rings. The lowest BCUT2D eigenvalue weighted by Gasteiger charge is -2.35. The second-order valence-electron chi connectivity index (χ2n) is 7.47. The van der Waals surface area contributed by atoms with Crippen molar-refractivity contribution in [1.29, 1.82) is 0 Å². The number of halogens is 1. The quantitative estimate of drug-likeness (QED) is 0.683. The van der Waals surface area contributed by atoms with Gasteiger partial charge in [0.1, 0.15) is 29.8 Å². The molecular weight excluding hydrogens is 411 g/mol. The molecular formula is C20H23FN4O4S. The van der Waals surface area contributed by atoms with Gasteiger partial charge >= 0.3 is 0 Å². The molecule has 1 aliphatic heterocycles. The molecule has 2 aromatic rings. The number of aromatic nitrogens is 2. The fourth-order valence-electron chi connectivity index (χ4n) is 3.41. The summed E-state index contributed by atoms with van der Waals surface area (Å²) < 4.78 is 44.0. The predicted octanol–water partition coefficient (Wildman–Crippen LogP) is 1.67. The zero-order chi connectivity index (χ0) is 21.1. The fourth-order valence-corrected chi connectivity index (χ4v) is 4.66. The van der Waals surface area contributed by atoms with E-state index in [2.05, 4.69) is 9.97 Å². The standard InChI is InChI=1S/C20H23FN4O4S/c21-15-3-1-6-17(11-15)30(27,28)13-20(26)25-9-7-24(8-10-25)18-12-19(23-14-22-18)29-16-4-2-5-16/h1,3,6,11-12,14,16H,2,4-5,7-10,13H2. The Morgan fingerprint density at radius 2 is 1.90 bits per heavy atom. The Morgan fingerprint density at radius 1 is 1.13 bits per heavy atom. The van der Waals surface area contributed by atoms with Gasteiger partial charge in [-0.25, -0.2) is 22.8 Å². The highest BCUT2D eigenvalue weighted by Gasteiger charge is 2.27. The summed E-state index contributed by atoms with van der Waals surface area (Å²) in [5.41, 5.74) is 0. The molecule has 1 aliphatic carbocycles. The molecule has 2 fully saturated rings. The molecule has 8 nitrogen and oxygen atoms in total. The Bertz CT molecular complexity index is 1020. The van der Waals surface area contributed by atoms with Crippen LogP contribution >= 0.6 is 0 Å². The molecule has 2 heterocycles. The highest BCUT2D eigenvalue weighted by molar-refractivity contribution is 7.92. The van der Waals surface area contributed by atoms with E-state index >= 15 is 0 Å². The summed E-state index contributed by atoms with van der Waals surface area (Å²) in [4.78, 5) is 24.3. The van der Waals surface area contributed by atoms with Gasteiger partial charge in [-0.15, -0.1) is 0 Å². The van der Waals surface area contributed by atoms with E-state index in [-0.39, 0.29) is 11.0 Å². The lowest BCUT2D eigenvalue weighted by molar-refractivity contribution is -0.128. The molecule has 0 unspecified atom stereocenters. The van der Waals surface area contributed by atoms with Gasteiger partial charge in [0.25, 0.3) is 0 Å². The molecule has 1 amide bonds. The Balaban J connectivity index is 1.34. The van der Waals surface area contributed by atoms with E-state index in [4.69, 9.17) is 4.74 Å². The van der Waals surface area contributed by atoms with Crippen LogP contribution in [0, 0.1) is 5.82 Å². The largest absolute Gasteiger partial charge is 0.474 e. The molecule has 0 radical (unpaired) electrons. The first-order valence-corrected chi connectivity index (χ1v) is 11.6. The van der Waals surface area contributed by atoms with Crippen molar-refractivity contribution >= 4 is 21.6 Å². The van der Waals surface area contributed by atoms with Crippen LogP contribution in [0.25, 0.3) is 0 Å². The van der Waals surface area contributed by atoms with Crippen molar-refractivity contribution in [3.05, 3.63) is 42.5 Å². The number of anilines is 1. The van der Waals surface area contributed by atoms with Crippen LogP contribution in [-0.4, -0.2) is 67.2 Å². The third-order valence-electron chi connectivity index (χ3n) is 5.39. The van der Waals surface area contributed by atoms with Gasteiger partial charge in [0, 0.05) is 32.2 Å². The SMILES string of the molecule is O=C(CS(=O)(=O)c1cccc(F)c1)N1CCN(c2cc(OC3CCC3)ncn2)CC1. The highest BCUT2D eigenvalue weighted by atomic mass is 32.2. The van der Waals surface area contributed by atoms with Gasteiger partial charge in [-0.05, 0) is 37.5 Å². The number of carbonyl (C=O) groups excluding carboxylic acids is 1. The van der Waals surface area contributed by atoms with Crippen molar-refractivity contribution in [1.82, 2.24) is 14.9 Å². The molecule has 0 N–H and O–H groups in total. The van der Waals surface area contributed by atoms with E-state index in [9.17, 15) is 17.6 Å². The number of hydrogen-bond acceptors (Lipinski definition) is 7. The van der Waals surface area contributed by atoms with Crippen molar-refractivity contribution < 1.29 is 22.3 Å². The summed E-state index contributed by atoms with van der Waals surface area (Å²) in [5.74, 6) is -0.551. The first-order valence-electron chi connectivity index (χ1n) is 9.90. The number of ether oxygens (including phenoxy) is 1. The second kappa shape index (κ2) is 8.55. The number of carbonyl (C=O) groups is 1. The van der Waals surface area contributed by atoms with Gasteiger partial charge in [0.05, 0.1) is 4.90 Å².